The van der Waals surface area contributed by atoms with Crippen molar-refractivity contribution in [3.05, 3.63) is 213 Å². The van der Waals surface area contributed by atoms with Crippen molar-refractivity contribution >= 4 is 46.6 Å². The van der Waals surface area contributed by atoms with Gasteiger partial charge in [-0.3, -0.25) is 9.98 Å². The van der Waals surface area contributed by atoms with Gasteiger partial charge >= 0.3 is 0 Å². The maximum atomic E-state index is 11.3. The molecule has 6 heteroatoms. The molecule has 0 saturated heterocycles. The number of aromatic hydroxyl groups is 2. The highest BCUT2D eigenvalue weighted by Gasteiger charge is 2.38. The number of fused-ring (bicyclic) bond motifs is 4. The lowest BCUT2D eigenvalue weighted by atomic mass is 9.73. The van der Waals surface area contributed by atoms with Crippen molar-refractivity contribution in [1.82, 2.24) is 0 Å². The van der Waals surface area contributed by atoms with Crippen molar-refractivity contribution in [2.24, 2.45) is 15.4 Å². The van der Waals surface area contributed by atoms with Crippen molar-refractivity contribution in [2.45, 2.75) is 80.1 Å². The van der Waals surface area contributed by atoms with Crippen molar-refractivity contribution < 1.29 is 10.2 Å². The minimum Gasteiger partial charge on any atom is -0.507 e. The first-order valence-corrected chi connectivity index (χ1v) is 24.8. The Bertz CT molecular complexity index is 3080. The second-order valence-corrected chi connectivity index (χ2v) is 21.5. The number of rotatable bonds is 10. The van der Waals surface area contributed by atoms with Gasteiger partial charge in [-0.15, -0.1) is 0 Å². The molecule has 0 atom stereocenters. The zero-order valence-corrected chi connectivity index (χ0v) is 42.8. The Balaban J connectivity index is 0.808. The molecule has 0 saturated carbocycles. The largest absolute Gasteiger partial charge is 0.507 e. The van der Waals surface area contributed by atoms with Gasteiger partial charge in [0.2, 0.25) is 0 Å². The zero-order chi connectivity index (χ0) is 50.0. The van der Waals surface area contributed by atoms with Crippen LogP contribution < -0.4 is 9.80 Å². The van der Waals surface area contributed by atoms with Crippen molar-refractivity contribution in [3.8, 4) is 33.8 Å². The summed E-state index contributed by atoms with van der Waals surface area (Å²) in [6, 6.07) is 55.7. The molecule has 0 unspecified atom stereocenters. The molecule has 0 aliphatic carbocycles. The number of aryl methyl sites for hydroxylation is 4. The number of phenolic OH excluding ortho intramolecular Hbond substituents is 2. The Morgan fingerprint density at radius 1 is 0.437 bits per heavy atom. The Labute approximate surface area is 420 Å². The van der Waals surface area contributed by atoms with Crippen LogP contribution in [-0.4, -0.2) is 35.7 Å². The minimum atomic E-state index is -0.264. The molecule has 2 heterocycles. The third-order valence-electron chi connectivity index (χ3n) is 15.0. The van der Waals surface area contributed by atoms with Gasteiger partial charge in [0.25, 0.3) is 0 Å². The van der Waals surface area contributed by atoms with Crippen LogP contribution in [0.4, 0.5) is 34.1 Å². The summed E-state index contributed by atoms with van der Waals surface area (Å²) in [5.41, 5.74) is 21.8. The van der Waals surface area contributed by atoms with Crippen LogP contribution in [0.5, 0.6) is 11.5 Å². The van der Waals surface area contributed by atoms with E-state index in [2.05, 4.69) is 212 Å². The second kappa shape index (κ2) is 17.9. The smallest absolute Gasteiger partial charge is 0.124 e. The first-order chi connectivity index (χ1) is 33.9. The fraction of sp³-hybridized carbons (Fsp3) is 0.231. The lowest BCUT2D eigenvalue weighted by molar-refractivity contribution is 0.396. The normalized spacial score (nSPS) is 14.6. The topological polar surface area (TPSA) is 71.7 Å². The van der Waals surface area contributed by atoms with Crippen LogP contribution in [-0.2, 0) is 10.8 Å². The molecule has 8 aromatic rings. The number of benzene rings is 8. The molecule has 0 bridgehead atoms. The molecule has 2 N–H and O–H groups in total. The monoisotopic (exact) mass is 933 g/mol. The summed E-state index contributed by atoms with van der Waals surface area (Å²) in [6.45, 7) is 23.1. The third kappa shape index (κ3) is 8.39. The quantitative estimate of drug-likeness (QED) is 0.134. The summed E-state index contributed by atoms with van der Waals surface area (Å²) in [5.74, 6) is 0.378. The van der Waals surface area contributed by atoms with Crippen LogP contribution in [0.25, 0.3) is 22.3 Å². The average Bonchev–Trinajstić information content (AvgIpc) is 3.33. The van der Waals surface area contributed by atoms with Gasteiger partial charge in [0.1, 0.15) is 11.5 Å². The SMILES string of the molecule is Cc1cc(N2c3ccccc3C(C)(C)c3ccccc32)cc(C)c1-c1ccc(C=NCC(C)(C)CN=Cc2ccc(-c3c(C)cc(N4c5ccccc5C(C)(C)c5ccccc54)cc3C)cc2O)c(O)c1. The standard InChI is InChI=1S/C65H64N4O2/c1-41-31-49(68-55-23-15-11-19-51(55)64(7,8)52-20-12-16-24-56(52)68)32-42(2)61(41)45-27-29-47(59(70)35-45)37-66-39-63(5,6)40-67-38-48-30-28-46(36-60(48)71)62-43(3)33-50(34-44(62)4)69-57-25-17-13-21-53(57)65(9,10)54-22-14-18-26-58(54)69/h11-38,70-71H,39-40H2,1-10H3. The highest BCUT2D eigenvalue weighted by Crippen LogP contribution is 2.54. The summed E-state index contributed by atoms with van der Waals surface area (Å²) in [5, 5.41) is 22.6. The van der Waals surface area contributed by atoms with E-state index in [0.29, 0.717) is 24.2 Å². The molecule has 2 aliphatic rings. The highest BCUT2D eigenvalue weighted by molar-refractivity contribution is 5.91. The Hall–Kier alpha value is -7.70. The predicted octanol–water partition coefficient (Wildman–Crippen LogP) is 16.4. The lowest BCUT2D eigenvalue weighted by Gasteiger charge is -2.42. The number of anilines is 6. The number of para-hydroxylation sites is 4. The van der Waals surface area contributed by atoms with E-state index < -0.39 is 0 Å². The Morgan fingerprint density at radius 3 is 1.03 bits per heavy atom. The summed E-state index contributed by atoms with van der Waals surface area (Å²) in [7, 11) is 0. The first-order valence-electron chi connectivity index (χ1n) is 24.8. The van der Waals surface area contributed by atoms with E-state index >= 15 is 0 Å². The first kappa shape index (κ1) is 47.0. The molecule has 0 radical (unpaired) electrons. The molecular formula is C65H64N4O2. The van der Waals surface area contributed by atoms with Crippen molar-refractivity contribution in [1.29, 1.82) is 0 Å². The van der Waals surface area contributed by atoms with E-state index in [-0.39, 0.29) is 27.7 Å². The third-order valence-corrected chi connectivity index (χ3v) is 15.0. The van der Waals surface area contributed by atoms with E-state index in [0.717, 1.165) is 55.9 Å². The maximum Gasteiger partial charge on any atom is 0.124 e. The number of nitrogens with zero attached hydrogens (tertiary/aromatic N) is 4. The predicted molar refractivity (Wildman–Crippen MR) is 298 cm³/mol. The number of hydrogen-bond donors (Lipinski definition) is 2. The van der Waals surface area contributed by atoms with Crippen LogP contribution >= 0.6 is 0 Å². The van der Waals surface area contributed by atoms with Gasteiger partial charge in [-0.2, -0.15) is 0 Å². The van der Waals surface area contributed by atoms with Crippen LogP contribution in [0.3, 0.4) is 0 Å². The fourth-order valence-corrected chi connectivity index (χ4v) is 11.4. The zero-order valence-electron chi connectivity index (χ0n) is 42.8. The molecule has 0 spiro atoms. The summed E-state index contributed by atoms with van der Waals surface area (Å²) in [6.07, 6.45) is 3.51. The number of phenols is 2. The van der Waals surface area contributed by atoms with Crippen LogP contribution in [0.15, 0.2) is 168 Å². The maximum absolute atomic E-state index is 11.3. The minimum absolute atomic E-state index is 0.121. The average molecular weight is 933 g/mol. The molecule has 0 amide bonds. The van der Waals surface area contributed by atoms with E-state index in [1.54, 1.807) is 12.4 Å². The van der Waals surface area contributed by atoms with E-state index in [4.69, 9.17) is 9.98 Å². The Morgan fingerprint density at radius 2 is 0.732 bits per heavy atom. The van der Waals surface area contributed by atoms with Gasteiger partial charge in [0.05, 0.1) is 22.7 Å². The van der Waals surface area contributed by atoms with Crippen LogP contribution in [0.2, 0.25) is 0 Å². The molecule has 356 valence electrons. The summed E-state index contributed by atoms with van der Waals surface area (Å²) in [4.78, 5) is 14.3. The molecule has 6 nitrogen and oxygen atoms in total. The van der Waals surface area contributed by atoms with E-state index in [1.807, 2.05) is 24.3 Å². The van der Waals surface area contributed by atoms with Gasteiger partial charge in [0.15, 0.2) is 0 Å². The molecule has 71 heavy (non-hydrogen) atoms. The van der Waals surface area contributed by atoms with Gasteiger partial charge in [-0.1, -0.05) is 126 Å². The van der Waals surface area contributed by atoms with E-state index in [1.165, 1.54) is 45.0 Å². The molecule has 10 rings (SSSR count). The second-order valence-electron chi connectivity index (χ2n) is 21.5. The van der Waals surface area contributed by atoms with E-state index in [9.17, 15) is 10.2 Å². The van der Waals surface area contributed by atoms with Gasteiger partial charge in [0, 0.05) is 64.3 Å². The molecule has 0 aromatic heterocycles. The summed E-state index contributed by atoms with van der Waals surface area (Å²) >= 11 is 0. The summed E-state index contributed by atoms with van der Waals surface area (Å²) < 4.78 is 0. The van der Waals surface area contributed by atoms with Crippen LogP contribution in [0, 0.1) is 33.1 Å². The highest BCUT2D eigenvalue weighted by atomic mass is 16.3. The van der Waals surface area contributed by atoms with Gasteiger partial charge in [-0.25, -0.2) is 0 Å². The van der Waals surface area contributed by atoms with Gasteiger partial charge in [-0.05, 0) is 167 Å². The van der Waals surface area contributed by atoms with Crippen LogP contribution in [0.1, 0.15) is 97.2 Å². The van der Waals surface area contributed by atoms with Gasteiger partial charge < -0.3 is 20.0 Å². The number of aliphatic imine (C=N–C) groups is 2. The van der Waals surface area contributed by atoms with Crippen molar-refractivity contribution in [3.63, 3.8) is 0 Å². The molecule has 0 fully saturated rings. The molecule has 2 aliphatic heterocycles. The molecular weight excluding hydrogens is 869 g/mol. The Kier molecular flexibility index (Phi) is 11.9. The molecule has 8 aromatic carbocycles. The fourth-order valence-electron chi connectivity index (χ4n) is 11.4. The lowest BCUT2D eigenvalue weighted by Crippen LogP contribution is -2.30. The number of hydrogen-bond acceptors (Lipinski definition) is 6. The van der Waals surface area contributed by atoms with Crippen molar-refractivity contribution in [2.75, 3.05) is 22.9 Å².